The van der Waals surface area contributed by atoms with Crippen molar-refractivity contribution in [1.29, 1.82) is 0 Å². The number of benzene rings is 1. The van der Waals surface area contributed by atoms with E-state index in [2.05, 4.69) is 14.9 Å². The topological polar surface area (TPSA) is 58.6 Å². The summed E-state index contributed by atoms with van der Waals surface area (Å²) >= 11 is 5.90. The molecule has 3 aliphatic rings. The lowest BCUT2D eigenvalue weighted by atomic mass is 9.90. The maximum Gasteiger partial charge on any atom is 0.226 e. The summed E-state index contributed by atoms with van der Waals surface area (Å²) in [5.74, 6) is 4.40. The molecule has 5 rings (SSSR count). The third-order valence-corrected chi connectivity index (χ3v) is 7.70. The van der Waals surface area contributed by atoms with Crippen molar-refractivity contribution in [1.82, 2.24) is 14.9 Å². The minimum atomic E-state index is 0.243. The molecule has 3 fully saturated rings. The SMILES string of the molecule is O=C(Cc1ccc(OCC[C@H]2C[C@H]2C2CCN(c3ncc(Cl)cn3)CC2)cc1)N1CCCC1. The summed E-state index contributed by atoms with van der Waals surface area (Å²) in [7, 11) is 0. The lowest BCUT2D eigenvalue weighted by Crippen LogP contribution is -2.35. The van der Waals surface area contributed by atoms with Gasteiger partial charge in [-0.1, -0.05) is 23.7 Å². The summed E-state index contributed by atoms with van der Waals surface area (Å²) in [6.45, 7) is 4.65. The van der Waals surface area contributed by atoms with Crippen LogP contribution in [0.4, 0.5) is 5.95 Å². The number of likely N-dealkylation sites (tertiary alicyclic amines) is 1. The molecule has 176 valence electrons. The highest BCUT2D eigenvalue weighted by Gasteiger charge is 2.43. The molecule has 1 aromatic carbocycles. The summed E-state index contributed by atoms with van der Waals surface area (Å²) in [6, 6.07) is 8.07. The third kappa shape index (κ3) is 5.78. The fraction of sp³-hybridized carbons (Fsp3) is 0.577. The summed E-state index contributed by atoms with van der Waals surface area (Å²) in [5.41, 5.74) is 1.07. The van der Waals surface area contributed by atoms with E-state index in [1.165, 1.54) is 19.3 Å². The number of piperidine rings is 1. The van der Waals surface area contributed by atoms with Gasteiger partial charge in [0.25, 0.3) is 0 Å². The van der Waals surface area contributed by atoms with E-state index in [1.807, 2.05) is 29.2 Å². The van der Waals surface area contributed by atoms with Crippen LogP contribution in [-0.4, -0.2) is 53.6 Å². The smallest absolute Gasteiger partial charge is 0.226 e. The van der Waals surface area contributed by atoms with Gasteiger partial charge in [-0.2, -0.15) is 0 Å². The predicted molar refractivity (Wildman–Crippen MR) is 130 cm³/mol. The Kier molecular flexibility index (Phi) is 7.00. The van der Waals surface area contributed by atoms with Gasteiger partial charge in [-0.05, 0) is 74.0 Å². The van der Waals surface area contributed by atoms with Crippen molar-refractivity contribution < 1.29 is 9.53 Å². The Morgan fingerprint density at radius 2 is 1.73 bits per heavy atom. The van der Waals surface area contributed by atoms with Gasteiger partial charge in [-0.15, -0.1) is 0 Å². The van der Waals surface area contributed by atoms with E-state index in [0.717, 1.165) is 87.1 Å². The molecule has 6 nitrogen and oxygen atoms in total. The Bertz CT molecular complexity index is 922. The first-order valence-corrected chi connectivity index (χ1v) is 12.8. The van der Waals surface area contributed by atoms with Crippen LogP contribution in [0.5, 0.6) is 5.75 Å². The van der Waals surface area contributed by atoms with Crippen molar-refractivity contribution in [2.24, 2.45) is 17.8 Å². The molecule has 0 unspecified atom stereocenters. The van der Waals surface area contributed by atoms with Crippen molar-refractivity contribution in [3.05, 3.63) is 47.2 Å². The van der Waals surface area contributed by atoms with E-state index < -0.39 is 0 Å². The van der Waals surface area contributed by atoms with Crippen LogP contribution in [0.1, 0.15) is 44.1 Å². The molecule has 1 saturated carbocycles. The molecule has 0 radical (unpaired) electrons. The monoisotopic (exact) mass is 468 g/mol. The highest BCUT2D eigenvalue weighted by Crippen LogP contribution is 2.49. The number of hydrogen-bond donors (Lipinski definition) is 0. The number of rotatable bonds is 8. The zero-order valence-corrected chi connectivity index (χ0v) is 19.9. The number of aromatic nitrogens is 2. The molecule has 0 N–H and O–H groups in total. The van der Waals surface area contributed by atoms with Crippen LogP contribution in [0.25, 0.3) is 0 Å². The normalized spacial score (nSPS) is 23.1. The largest absolute Gasteiger partial charge is 0.494 e. The van der Waals surface area contributed by atoms with E-state index in [1.54, 1.807) is 12.4 Å². The van der Waals surface area contributed by atoms with Crippen LogP contribution in [0, 0.1) is 17.8 Å². The second-order valence-electron chi connectivity index (χ2n) is 9.73. The summed E-state index contributed by atoms with van der Waals surface area (Å²) in [5, 5.41) is 0.584. The lowest BCUT2D eigenvalue weighted by molar-refractivity contribution is -0.129. The van der Waals surface area contributed by atoms with E-state index in [9.17, 15) is 4.79 Å². The van der Waals surface area contributed by atoms with E-state index in [4.69, 9.17) is 16.3 Å². The molecule has 3 heterocycles. The van der Waals surface area contributed by atoms with Gasteiger partial charge in [0.15, 0.2) is 0 Å². The first-order valence-electron chi connectivity index (χ1n) is 12.4. The van der Waals surface area contributed by atoms with Crippen LogP contribution >= 0.6 is 11.6 Å². The Balaban J connectivity index is 0.995. The summed E-state index contributed by atoms with van der Waals surface area (Å²) in [4.78, 5) is 25.3. The molecule has 0 spiro atoms. The number of carbonyl (C=O) groups is 1. The van der Waals surface area contributed by atoms with Gasteiger partial charge in [0.2, 0.25) is 11.9 Å². The minimum Gasteiger partial charge on any atom is -0.494 e. The second kappa shape index (κ2) is 10.3. The van der Waals surface area contributed by atoms with Crippen molar-refractivity contribution in [3.8, 4) is 5.75 Å². The fourth-order valence-corrected chi connectivity index (χ4v) is 5.56. The average Bonchev–Trinajstić information content (AvgIpc) is 3.39. The number of carbonyl (C=O) groups excluding carboxylic acids is 1. The fourth-order valence-electron chi connectivity index (χ4n) is 5.46. The molecular weight excluding hydrogens is 436 g/mol. The van der Waals surface area contributed by atoms with Gasteiger partial charge in [0.1, 0.15) is 5.75 Å². The maximum atomic E-state index is 12.3. The van der Waals surface area contributed by atoms with Gasteiger partial charge in [-0.25, -0.2) is 9.97 Å². The Morgan fingerprint density at radius 3 is 2.42 bits per heavy atom. The first kappa shape index (κ1) is 22.5. The highest BCUT2D eigenvalue weighted by molar-refractivity contribution is 6.30. The standard InChI is InChI=1S/C26H33ClN4O2/c27-22-17-28-26(29-18-22)31-12-7-20(8-13-31)24-16-21(24)9-14-33-23-5-3-19(4-6-23)15-25(32)30-10-1-2-11-30/h3-6,17-18,20-21,24H,1-2,7-16H2/t21-,24-/m0/s1. The van der Waals surface area contributed by atoms with Crippen LogP contribution in [-0.2, 0) is 11.2 Å². The number of nitrogens with zero attached hydrogens (tertiary/aromatic N) is 4. The Hall–Kier alpha value is -2.34. The number of hydrogen-bond acceptors (Lipinski definition) is 5. The second-order valence-corrected chi connectivity index (χ2v) is 10.2. The van der Waals surface area contributed by atoms with Gasteiger partial charge in [0, 0.05) is 26.2 Å². The van der Waals surface area contributed by atoms with Crippen LogP contribution < -0.4 is 9.64 Å². The molecule has 1 aliphatic carbocycles. The van der Waals surface area contributed by atoms with Gasteiger partial charge in [0.05, 0.1) is 30.4 Å². The van der Waals surface area contributed by atoms with Gasteiger partial charge in [-0.3, -0.25) is 4.79 Å². The van der Waals surface area contributed by atoms with Crippen molar-refractivity contribution in [2.75, 3.05) is 37.7 Å². The summed E-state index contributed by atoms with van der Waals surface area (Å²) < 4.78 is 6.01. The minimum absolute atomic E-state index is 0.243. The number of anilines is 1. The van der Waals surface area contributed by atoms with Crippen molar-refractivity contribution in [2.45, 2.75) is 44.9 Å². The lowest BCUT2D eigenvalue weighted by Gasteiger charge is -2.32. The quantitative estimate of drug-likeness (QED) is 0.566. The van der Waals surface area contributed by atoms with Crippen LogP contribution in [0.15, 0.2) is 36.7 Å². The van der Waals surface area contributed by atoms with Crippen molar-refractivity contribution >= 4 is 23.5 Å². The molecule has 2 atom stereocenters. The number of amides is 1. The third-order valence-electron chi connectivity index (χ3n) is 7.51. The number of ether oxygens (including phenoxy) is 1. The molecule has 7 heteroatoms. The number of halogens is 1. The van der Waals surface area contributed by atoms with Crippen molar-refractivity contribution in [3.63, 3.8) is 0 Å². The van der Waals surface area contributed by atoms with Gasteiger partial charge < -0.3 is 14.5 Å². The van der Waals surface area contributed by atoms with E-state index in [-0.39, 0.29) is 5.91 Å². The molecule has 1 aromatic heterocycles. The van der Waals surface area contributed by atoms with Crippen LogP contribution in [0.3, 0.4) is 0 Å². The molecular formula is C26H33ClN4O2. The molecule has 2 saturated heterocycles. The summed E-state index contributed by atoms with van der Waals surface area (Å²) in [6.07, 6.45) is 11.0. The first-order chi connectivity index (χ1) is 16.2. The molecule has 2 aromatic rings. The van der Waals surface area contributed by atoms with Gasteiger partial charge >= 0.3 is 0 Å². The molecule has 0 bridgehead atoms. The molecule has 33 heavy (non-hydrogen) atoms. The zero-order chi connectivity index (χ0) is 22.6. The molecule has 2 aliphatic heterocycles. The Labute approximate surface area is 201 Å². The highest BCUT2D eigenvalue weighted by atomic mass is 35.5. The van der Waals surface area contributed by atoms with E-state index in [0.29, 0.717) is 11.4 Å². The molecule has 1 amide bonds. The average molecular weight is 469 g/mol. The van der Waals surface area contributed by atoms with E-state index >= 15 is 0 Å². The predicted octanol–water partition coefficient (Wildman–Crippen LogP) is 4.62. The Morgan fingerprint density at radius 1 is 1.03 bits per heavy atom. The maximum absolute atomic E-state index is 12.3. The zero-order valence-electron chi connectivity index (χ0n) is 19.2. The van der Waals surface area contributed by atoms with Crippen LogP contribution in [0.2, 0.25) is 5.02 Å².